The van der Waals surface area contributed by atoms with Crippen molar-refractivity contribution >= 4 is 35.0 Å². The molecular formula is C20H21N3O5S. The van der Waals surface area contributed by atoms with Gasteiger partial charge in [0.2, 0.25) is 12.7 Å². The maximum atomic E-state index is 12.5. The molecule has 0 unspecified atom stereocenters. The van der Waals surface area contributed by atoms with Crippen LogP contribution in [0.3, 0.4) is 0 Å². The van der Waals surface area contributed by atoms with Gasteiger partial charge in [-0.3, -0.25) is 14.4 Å². The highest BCUT2D eigenvalue weighted by atomic mass is 32.2. The highest BCUT2D eigenvalue weighted by Crippen LogP contribution is 2.37. The summed E-state index contributed by atoms with van der Waals surface area (Å²) in [6.45, 7) is 6.98. The minimum Gasteiger partial charge on any atom is -0.454 e. The third-order valence-electron chi connectivity index (χ3n) is 4.72. The Morgan fingerprint density at radius 2 is 1.79 bits per heavy atom. The van der Waals surface area contributed by atoms with E-state index in [4.69, 9.17) is 15.2 Å². The van der Waals surface area contributed by atoms with Crippen LogP contribution < -0.4 is 20.5 Å². The van der Waals surface area contributed by atoms with E-state index in [0.29, 0.717) is 33.3 Å². The summed E-state index contributed by atoms with van der Waals surface area (Å²) in [5.41, 5.74) is 8.90. The van der Waals surface area contributed by atoms with Crippen molar-refractivity contribution in [3.8, 4) is 11.5 Å². The molecular weight excluding hydrogens is 394 g/mol. The summed E-state index contributed by atoms with van der Waals surface area (Å²) in [6, 6.07) is 3.11. The number of Topliss-reactive ketones (excluding diaryl/α,β-unsaturated/α-hetero) is 1. The highest BCUT2D eigenvalue weighted by molar-refractivity contribution is 8.00. The molecule has 0 aliphatic carbocycles. The molecule has 0 fully saturated rings. The van der Waals surface area contributed by atoms with Crippen LogP contribution in [-0.4, -0.2) is 35.1 Å². The first-order chi connectivity index (χ1) is 13.7. The lowest BCUT2D eigenvalue weighted by atomic mass is 10.0. The minimum absolute atomic E-state index is 0.0129. The Morgan fingerprint density at radius 3 is 2.41 bits per heavy atom. The van der Waals surface area contributed by atoms with Gasteiger partial charge in [-0.05, 0) is 44.9 Å². The fraction of sp³-hybridized carbons (Fsp3) is 0.300. The Morgan fingerprint density at radius 1 is 1.14 bits per heavy atom. The molecule has 3 rings (SSSR count). The number of thioether (sulfide) groups is 1. The van der Waals surface area contributed by atoms with E-state index in [9.17, 15) is 14.4 Å². The number of aryl methyl sites for hydroxylation is 1. The van der Waals surface area contributed by atoms with Crippen LogP contribution in [0.4, 0.5) is 5.69 Å². The van der Waals surface area contributed by atoms with Gasteiger partial charge < -0.3 is 20.5 Å². The second-order valence-electron chi connectivity index (χ2n) is 6.64. The first-order valence-electron chi connectivity index (χ1n) is 8.83. The third kappa shape index (κ3) is 4.19. The fourth-order valence-corrected chi connectivity index (χ4v) is 3.90. The van der Waals surface area contributed by atoms with E-state index in [2.05, 4.69) is 10.3 Å². The molecule has 0 bridgehead atoms. The Kier molecular flexibility index (Phi) is 5.78. The number of ketones is 1. The Balaban J connectivity index is 1.80. The first kappa shape index (κ1) is 20.7. The molecule has 0 radical (unpaired) electrons. The quantitative estimate of drug-likeness (QED) is 0.550. The summed E-state index contributed by atoms with van der Waals surface area (Å²) in [5, 5.41) is 3.13. The molecule has 29 heavy (non-hydrogen) atoms. The Bertz CT molecular complexity index is 1040. The fourth-order valence-electron chi connectivity index (χ4n) is 2.96. The van der Waals surface area contributed by atoms with Crippen LogP contribution >= 0.6 is 11.8 Å². The number of amides is 2. The summed E-state index contributed by atoms with van der Waals surface area (Å²) in [6.07, 6.45) is 0. The number of primary amides is 1. The van der Waals surface area contributed by atoms with E-state index < -0.39 is 5.91 Å². The SMILES string of the molecule is CC(=O)c1cc2c(cc1NC(=O)CSc1nc(C)c(C)c(C)c1C(N)=O)OCO2. The third-order valence-corrected chi connectivity index (χ3v) is 5.69. The summed E-state index contributed by atoms with van der Waals surface area (Å²) in [4.78, 5) is 40.8. The predicted octanol–water partition coefficient (Wildman–Crippen LogP) is 2.77. The first-order valence-corrected chi connectivity index (χ1v) is 9.82. The Hall–Kier alpha value is -3.07. The van der Waals surface area contributed by atoms with Crippen LogP contribution in [-0.2, 0) is 4.79 Å². The van der Waals surface area contributed by atoms with Crippen LogP contribution in [0.2, 0.25) is 0 Å². The largest absolute Gasteiger partial charge is 0.454 e. The number of nitrogens with one attached hydrogen (secondary N) is 1. The average Bonchev–Trinajstić information content (AvgIpc) is 3.10. The maximum absolute atomic E-state index is 12.5. The number of aromatic nitrogens is 1. The van der Waals surface area contributed by atoms with Crippen molar-refractivity contribution in [1.82, 2.24) is 4.98 Å². The van der Waals surface area contributed by atoms with Gasteiger partial charge in [-0.15, -0.1) is 0 Å². The minimum atomic E-state index is -0.587. The summed E-state index contributed by atoms with van der Waals surface area (Å²) in [7, 11) is 0. The zero-order valence-corrected chi connectivity index (χ0v) is 17.4. The molecule has 3 N–H and O–H groups in total. The number of fused-ring (bicyclic) bond motifs is 1. The van der Waals surface area contributed by atoms with Crippen molar-refractivity contribution in [2.75, 3.05) is 17.9 Å². The van der Waals surface area contributed by atoms with E-state index in [1.807, 2.05) is 13.8 Å². The zero-order chi connectivity index (χ0) is 21.3. The van der Waals surface area contributed by atoms with Gasteiger partial charge in [-0.1, -0.05) is 11.8 Å². The number of hydrogen-bond acceptors (Lipinski definition) is 7. The van der Waals surface area contributed by atoms with Crippen LogP contribution in [0.25, 0.3) is 0 Å². The topological polar surface area (TPSA) is 121 Å². The van der Waals surface area contributed by atoms with Gasteiger partial charge in [0, 0.05) is 17.3 Å². The second kappa shape index (κ2) is 8.12. The molecule has 0 spiro atoms. The van der Waals surface area contributed by atoms with Gasteiger partial charge >= 0.3 is 0 Å². The molecule has 1 aromatic heterocycles. The van der Waals surface area contributed by atoms with Crippen molar-refractivity contribution in [2.24, 2.45) is 5.73 Å². The second-order valence-corrected chi connectivity index (χ2v) is 7.60. The lowest BCUT2D eigenvalue weighted by Crippen LogP contribution is -2.19. The number of anilines is 1. The Labute approximate surface area is 172 Å². The lowest BCUT2D eigenvalue weighted by Gasteiger charge is -2.14. The number of rotatable bonds is 6. The molecule has 0 saturated carbocycles. The summed E-state index contributed by atoms with van der Waals surface area (Å²) < 4.78 is 10.6. The molecule has 1 aromatic carbocycles. The maximum Gasteiger partial charge on any atom is 0.251 e. The normalized spacial score (nSPS) is 12.0. The molecule has 152 valence electrons. The molecule has 1 aliphatic rings. The highest BCUT2D eigenvalue weighted by Gasteiger charge is 2.22. The molecule has 1 aliphatic heterocycles. The van der Waals surface area contributed by atoms with E-state index in [1.165, 1.54) is 6.92 Å². The number of hydrogen-bond donors (Lipinski definition) is 2. The van der Waals surface area contributed by atoms with E-state index >= 15 is 0 Å². The standard InChI is InChI=1S/C20H21N3O5S/c1-9-10(2)18(19(21)26)20(22-11(9)3)29-7-17(25)23-14-6-16-15(27-8-28-16)5-13(14)12(4)24/h5-6H,7-8H2,1-4H3,(H2,21,26)(H,23,25). The molecule has 0 atom stereocenters. The molecule has 0 saturated heterocycles. The van der Waals surface area contributed by atoms with E-state index in [-0.39, 0.29) is 24.2 Å². The molecule has 9 heteroatoms. The number of pyridine rings is 1. The van der Waals surface area contributed by atoms with Crippen molar-refractivity contribution in [3.63, 3.8) is 0 Å². The average molecular weight is 415 g/mol. The molecule has 2 heterocycles. The molecule has 2 aromatic rings. The van der Waals surface area contributed by atoms with Gasteiger partial charge in [0.1, 0.15) is 5.03 Å². The van der Waals surface area contributed by atoms with Gasteiger partial charge in [-0.25, -0.2) is 4.98 Å². The smallest absolute Gasteiger partial charge is 0.251 e. The van der Waals surface area contributed by atoms with Crippen molar-refractivity contribution in [1.29, 1.82) is 0 Å². The van der Waals surface area contributed by atoms with Crippen LogP contribution in [0.5, 0.6) is 11.5 Å². The predicted molar refractivity (Wildman–Crippen MR) is 109 cm³/mol. The van der Waals surface area contributed by atoms with Crippen molar-refractivity contribution < 1.29 is 23.9 Å². The molecule has 8 nitrogen and oxygen atoms in total. The summed E-state index contributed by atoms with van der Waals surface area (Å²) in [5.74, 6) is -0.251. The number of nitrogens with zero attached hydrogens (tertiary/aromatic N) is 1. The number of nitrogens with two attached hydrogens (primary N) is 1. The monoisotopic (exact) mass is 415 g/mol. The lowest BCUT2D eigenvalue weighted by molar-refractivity contribution is -0.113. The molecule has 2 amide bonds. The number of benzene rings is 1. The van der Waals surface area contributed by atoms with Gasteiger partial charge in [-0.2, -0.15) is 0 Å². The van der Waals surface area contributed by atoms with Gasteiger partial charge in [0.05, 0.1) is 17.0 Å². The number of carbonyl (C=O) groups excluding carboxylic acids is 3. The van der Waals surface area contributed by atoms with E-state index in [0.717, 1.165) is 28.6 Å². The van der Waals surface area contributed by atoms with Crippen LogP contribution in [0.1, 0.15) is 44.5 Å². The number of ether oxygens (including phenoxy) is 2. The van der Waals surface area contributed by atoms with Gasteiger partial charge in [0.15, 0.2) is 17.3 Å². The summed E-state index contributed by atoms with van der Waals surface area (Å²) >= 11 is 1.11. The van der Waals surface area contributed by atoms with E-state index in [1.54, 1.807) is 19.1 Å². The van der Waals surface area contributed by atoms with Crippen molar-refractivity contribution in [3.05, 3.63) is 40.1 Å². The van der Waals surface area contributed by atoms with Crippen LogP contribution in [0.15, 0.2) is 17.2 Å². The van der Waals surface area contributed by atoms with Crippen molar-refractivity contribution in [2.45, 2.75) is 32.7 Å². The van der Waals surface area contributed by atoms with Crippen LogP contribution in [0, 0.1) is 20.8 Å². The zero-order valence-electron chi connectivity index (χ0n) is 16.5. The number of carbonyl (C=O) groups is 3. The van der Waals surface area contributed by atoms with Gasteiger partial charge in [0.25, 0.3) is 5.91 Å².